The van der Waals surface area contributed by atoms with Gasteiger partial charge < -0.3 is 25.0 Å². The molecule has 2 fully saturated rings. The van der Waals surface area contributed by atoms with Gasteiger partial charge >= 0.3 is 6.18 Å². The Balaban J connectivity index is 0.00000106. The van der Waals surface area contributed by atoms with Gasteiger partial charge in [-0.1, -0.05) is 27.7 Å². The normalized spacial score (nSPS) is 15.4. The lowest BCUT2D eigenvalue weighted by atomic mass is 10.1. The minimum Gasteiger partial charge on any atom is -0.508 e. The number of alkyl halides is 3. The van der Waals surface area contributed by atoms with Gasteiger partial charge in [0.15, 0.2) is 0 Å². The molecule has 0 aliphatic carbocycles. The number of anilines is 2. The average Bonchev–Trinajstić information content (AvgIpc) is 2.93. The van der Waals surface area contributed by atoms with Crippen LogP contribution < -0.4 is 10.2 Å². The first-order valence-corrected chi connectivity index (χ1v) is 13.4. The van der Waals surface area contributed by atoms with Gasteiger partial charge in [-0.05, 0) is 30.3 Å². The van der Waals surface area contributed by atoms with Gasteiger partial charge in [0.2, 0.25) is 5.91 Å². The molecule has 3 aromatic rings. The third-order valence-corrected chi connectivity index (χ3v) is 6.47. The Morgan fingerprint density at radius 3 is 2.35 bits per heavy atom. The lowest BCUT2D eigenvalue weighted by Gasteiger charge is -2.39. The molecule has 2 aromatic carbocycles. The number of hydrogen-bond acceptors (Lipinski definition) is 7. The van der Waals surface area contributed by atoms with Crippen LogP contribution in [0.2, 0.25) is 0 Å². The molecule has 40 heavy (non-hydrogen) atoms. The molecule has 0 radical (unpaired) electrons. The number of hydrogen-bond donors (Lipinski definition) is 2. The Morgan fingerprint density at radius 1 is 1.07 bits per heavy atom. The number of carbonyl (C=O) groups excluding carboxylic acids is 1. The lowest BCUT2D eigenvalue weighted by molar-refractivity contribution is -0.150. The van der Waals surface area contributed by atoms with Crippen LogP contribution in [-0.4, -0.2) is 65.5 Å². The number of halogens is 4. The van der Waals surface area contributed by atoms with Crippen LogP contribution in [0.25, 0.3) is 10.9 Å². The van der Waals surface area contributed by atoms with Gasteiger partial charge in [0.05, 0.1) is 42.1 Å². The molecule has 0 atom stereocenters. The maximum atomic E-state index is 14.5. The van der Waals surface area contributed by atoms with E-state index in [0.717, 1.165) is 11.8 Å². The Bertz CT molecular complexity index is 1290. The summed E-state index contributed by atoms with van der Waals surface area (Å²) in [5, 5.41) is 21.3. The molecule has 12 heteroatoms. The van der Waals surface area contributed by atoms with Crippen LogP contribution in [0.5, 0.6) is 5.75 Å². The van der Waals surface area contributed by atoms with Gasteiger partial charge in [-0.2, -0.15) is 23.4 Å². The zero-order valence-electron chi connectivity index (χ0n) is 23.1. The van der Waals surface area contributed by atoms with Crippen LogP contribution in [-0.2, 0) is 22.3 Å². The van der Waals surface area contributed by atoms with Crippen molar-refractivity contribution in [1.82, 2.24) is 15.1 Å². The van der Waals surface area contributed by atoms with E-state index in [1.165, 1.54) is 6.20 Å². The number of piperazine rings is 1. The highest BCUT2D eigenvalue weighted by molar-refractivity contribution is 5.93. The van der Waals surface area contributed by atoms with Gasteiger partial charge in [-0.25, -0.2) is 4.39 Å². The van der Waals surface area contributed by atoms with Gasteiger partial charge in [0.25, 0.3) is 0 Å². The quantitative estimate of drug-likeness (QED) is 0.398. The smallest absolute Gasteiger partial charge is 0.419 e. The minimum atomic E-state index is -4.93. The predicted octanol–water partition coefficient (Wildman–Crippen LogP) is 5.45. The molecule has 5 rings (SSSR count). The predicted molar refractivity (Wildman–Crippen MR) is 146 cm³/mol. The van der Waals surface area contributed by atoms with Crippen molar-refractivity contribution in [1.29, 1.82) is 0 Å². The van der Waals surface area contributed by atoms with Crippen molar-refractivity contribution in [3.63, 3.8) is 0 Å². The molecule has 1 amide bonds. The molecule has 1 aromatic heterocycles. The third kappa shape index (κ3) is 6.90. The highest BCUT2D eigenvalue weighted by atomic mass is 19.4. The fourth-order valence-corrected chi connectivity index (χ4v) is 4.40. The number of ether oxygens (including phenoxy) is 1. The average molecular weight is 566 g/mol. The van der Waals surface area contributed by atoms with E-state index in [2.05, 4.69) is 20.4 Å². The number of rotatable bonds is 5. The molecule has 0 spiro atoms. The maximum absolute atomic E-state index is 14.5. The van der Waals surface area contributed by atoms with Crippen molar-refractivity contribution in [2.75, 3.05) is 49.6 Å². The number of benzene rings is 2. The number of amides is 1. The lowest BCUT2D eigenvalue weighted by Crippen LogP contribution is -2.53. The number of phenolic OH excluding ortho intramolecular Hbond substituents is 1. The zero-order chi connectivity index (χ0) is 29.4. The maximum Gasteiger partial charge on any atom is 0.419 e. The summed E-state index contributed by atoms with van der Waals surface area (Å²) >= 11 is 0. The summed E-state index contributed by atoms with van der Waals surface area (Å²) in [6.45, 7) is 11.1. The standard InChI is InChI=1S/C24H23F4N5O3.2C2H6/c25-22-14(7-17(34)9-19(22)24(26,27)28)10-29-21-11-30-31-20-2-1-16(8-18(20)21)32-3-5-33(6-4-32)23(35)15-12-36-13-15;2*1-2/h1-2,7-9,11,15,34H,3-6,10,12-13H2,(H,29,31);2*1-2H3. The molecular weight excluding hydrogens is 530 g/mol. The number of aromatic hydroxyl groups is 1. The fraction of sp³-hybridized carbons (Fsp3) is 0.464. The summed E-state index contributed by atoms with van der Waals surface area (Å²) in [5.74, 6) is -2.05. The van der Waals surface area contributed by atoms with Gasteiger partial charge in [0.1, 0.15) is 11.6 Å². The second kappa shape index (κ2) is 13.6. The third-order valence-electron chi connectivity index (χ3n) is 6.47. The van der Waals surface area contributed by atoms with Crippen LogP contribution in [0.3, 0.4) is 0 Å². The van der Waals surface area contributed by atoms with Gasteiger partial charge in [-0.15, -0.1) is 0 Å². The number of nitrogens with zero attached hydrogens (tertiary/aromatic N) is 4. The molecule has 3 heterocycles. The van der Waals surface area contributed by atoms with E-state index in [4.69, 9.17) is 4.74 Å². The first-order valence-electron chi connectivity index (χ1n) is 13.4. The van der Waals surface area contributed by atoms with Crippen LogP contribution in [0.4, 0.5) is 28.9 Å². The summed E-state index contributed by atoms with van der Waals surface area (Å²) in [7, 11) is 0. The molecule has 2 N–H and O–H groups in total. The first-order chi connectivity index (χ1) is 19.2. The minimum absolute atomic E-state index is 0.0481. The van der Waals surface area contributed by atoms with E-state index in [-0.39, 0.29) is 23.9 Å². The topological polar surface area (TPSA) is 90.8 Å². The Hall–Kier alpha value is -3.67. The highest BCUT2D eigenvalue weighted by Gasteiger charge is 2.36. The Labute approximate surface area is 230 Å². The van der Waals surface area contributed by atoms with Crippen LogP contribution in [0.15, 0.2) is 36.5 Å². The summed E-state index contributed by atoms with van der Waals surface area (Å²) < 4.78 is 58.9. The van der Waals surface area contributed by atoms with Crippen molar-refractivity contribution < 1.29 is 32.2 Å². The number of aromatic nitrogens is 2. The van der Waals surface area contributed by atoms with E-state index in [1.54, 1.807) is 6.07 Å². The van der Waals surface area contributed by atoms with Gasteiger partial charge in [0, 0.05) is 49.4 Å². The van der Waals surface area contributed by atoms with Crippen molar-refractivity contribution >= 4 is 28.2 Å². The van der Waals surface area contributed by atoms with Crippen LogP contribution in [0.1, 0.15) is 38.8 Å². The van der Waals surface area contributed by atoms with E-state index < -0.39 is 23.3 Å². The van der Waals surface area contributed by atoms with E-state index >= 15 is 0 Å². The first kappa shape index (κ1) is 30.9. The van der Waals surface area contributed by atoms with Crippen molar-refractivity contribution in [2.24, 2.45) is 5.92 Å². The van der Waals surface area contributed by atoms with E-state index in [9.17, 15) is 27.5 Å². The van der Waals surface area contributed by atoms with Crippen LogP contribution >= 0.6 is 0 Å². The van der Waals surface area contributed by atoms with Crippen molar-refractivity contribution in [2.45, 2.75) is 40.4 Å². The Kier molecular flexibility index (Phi) is 10.5. The number of fused-ring (bicyclic) bond motifs is 1. The summed E-state index contributed by atoms with van der Waals surface area (Å²) in [4.78, 5) is 16.4. The molecule has 0 unspecified atom stereocenters. The second-order valence-corrected chi connectivity index (χ2v) is 8.82. The van der Waals surface area contributed by atoms with Crippen LogP contribution in [0, 0.1) is 11.7 Å². The number of carbonyl (C=O) groups is 1. The van der Waals surface area contributed by atoms with E-state index in [0.29, 0.717) is 62.0 Å². The van der Waals surface area contributed by atoms with Crippen molar-refractivity contribution in [3.05, 3.63) is 53.5 Å². The largest absolute Gasteiger partial charge is 0.508 e. The molecule has 218 valence electrons. The summed E-state index contributed by atoms with van der Waals surface area (Å²) in [6, 6.07) is 6.87. The summed E-state index contributed by atoms with van der Waals surface area (Å²) in [5.41, 5.74) is 0.0372. The van der Waals surface area contributed by atoms with Crippen molar-refractivity contribution in [3.8, 4) is 5.75 Å². The molecular formula is C28H35F4N5O3. The molecule has 0 bridgehead atoms. The fourth-order valence-electron chi connectivity index (χ4n) is 4.40. The zero-order valence-corrected chi connectivity index (χ0v) is 23.1. The number of nitrogens with one attached hydrogen (secondary N) is 1. The summed E-state index contributed by atoms with van der Waals surface area (Å²) in [6.07, 6.45) is -3.52. The number of phenols is 1. The molecule has 8 nitrogen and oxygen atoms in total. The Morgan fingerprint density at radius 2 is 1.75 bits per heavy atom. The molecule has 0 saturated carbocycles. The monoisotopic (exact) mass is 565 g/mol. The molecule has 2 aliphatic rings. The highest BCUT2D eigenvalue weighted by Crippen LogP contribution is 2.35. The second-order valence-electron chi connectivity index (χ2n) is 8.82. The molecule has 2 aliphatic heterocycles. The molecule has 2 saturated heterocycles. The van der Waals surface area contributed by atoms with Gasteiger partial charge in [-0.3, -0.25) is 4.79 Å². The SMILES string of the molecule is CC.CC.O=C(C1COC1)N1CCN(c2ccc3nncc(NCc4cc(O)cc(C(F)(F)F)c4F)c3c2)CC1. The van der Waals surface area contributed by atoms with E-state index in [1.807, 2.05) is 44.7 Å².